The van der Waals surface area contributed by atoms with Gasteiger partial charge < -0.3 is 15.3 Å². The molecule has 1 aliphatic rings. The number of nitrogens with one attached hydrogen (secondary N) is 1. The van der Waals surface area contributed by atoms with Crippen molar-refractivity contribution >= 4 is 17.5 Å². The van der Waals surface area contributed by atoms with E-state index >= 15 is 0 Å². The molecule has 0 bridgehead atoms. The first-order chi connectivity index (χ1) is 11.1. The van der Waals surface area contributed by atoms with Crippen molar-refractivity contribution in [1.29, 1.82) is 0 Å². The first-order valence-electron chi connectivity index (χ1n) is 8.51. The summed E-state index contributed by atoms with van der Waals surface area (Å²) in [4.78, 5) is 14.5. The molecule has 1 atom stereocenters. The van der Waals surface area contributed by atoms with E-state index in [4.69, 9.17) is 11.6 Å². The van der Waals surface area contributed by atoms with Crippen LogP contribution < -0.4 is 5.32 Å². The molecule has 2 N–H and O–H groups in total. The number of carbonyl (C=O) groups is 1. The molecule has 1 heterocycles. The van der Waals surface area contributed by atoms with Gasteiger partial charge in [-0.3, -0.25) is 4.79 Å². The van der Waals surface area contributed by atoms with E-state index in [1.165, 1.54) is 6.42 Å². The van der Waals surface area contributed by atoms with Gasteiger partial charge in [-0.25, -0.2) is 0 Å². The highest BCUT2D eigenvalue weighted by atomic mass is 35.5. The lowest BCUT2D eigenvalue weighted by Gasteiger charge is -2.31. The number of benzene rings is 1. The van der Waals surface area contributed by atoms with Gasteiger partial charge in [-0.2, -0.15) is 0 Å². The molecule has 0 saturated carbocycles. The molecular weight excluding hydrogens is 312 g/mol. The highest BCUT2D eigenvalue weighted by Crippen LogP contribution is 2.21. The van der Waals surface area contributed by atoms with Crippen LogP contribution in [0.3, 0.4) is 0 Å². The molecule has 1 aromatic carbocycles. The second kappa shape index (κ2) is 9.26. The average Bonchev–Trinajstić information content (AvgIpc) is 2.55. The van der Waals surface area contributed by atoms with Crippen molar-refractivity contribution in [2.24, 2.45) is 5.92 Å². The minimum Gasteiger partial charge on any atom is -0.387 e. The Morgan fingerprint density at radius 3 is 2.61 bits per heavy atom. The summed E-state index contributed by atoms with van der Waals surface area (Å²) in [5.74, 6) is 0.503. The van der Waals surface area contributed by atoms with Gasteiger partial charge in [0.1, 0.15) is 0 Å². The van der Waals surface area contributed by atoms with Crippen LogP contribution in [0.4, 0.5) is 0 Å². The molecule has 0 unspecified atom stereocenters. The molecule has 1 fully saturated rings. The summed E-state index contributed by atoms with van der Waals surface area (Å²) in [5, 5.41) is 13.6. The van der Waals surface area contributed by atoms with Crippen molar-refractivity contribution in [3.63, 3.8) is 0 Å². The van der Waals surface area contributed by atoms with Gasteiger partial charge in [0.25, 0.3) is 0 Å². The molecule has 0 aliphatic carbocycles. The Morgan fingerprint density at radius 2 is 2.00 bits per heavy atom. The number of aliphatic hydroxyl groups is 1. The standard InChI is InChI=1S/C18H27ClN2O2/c1-2-9-21-10-7-14(8-11-21)12-18(23)20-13-17(22)15-3-5-16(19)6-4-15/h3-6,14,17,22H,2,7-13H2,1H3,(H,20,23)/t17-/m1/s1. The van der Waals surface area contributed by atoms with Crippen LogP contribution in [0.25, 0.3) is 0 Å². The van der Waals surface area contributed by atoms with Crippen molar-refractivity contribution in [1.82, 2.24) is 10.2 Å². The van der Waals surface area contributed by atoms with Gasteiger partial charge in [0.2, 0.25) is 5.91 Å². The predicted molar refractivity (Wildman–Crippen MR) is 93.5 cm³/mol. The van der Waals surface area contributed by atoms with E-state index in [2.05, 4.69) is 17.1 Å². The van der Waals surface area contributed by atoms with E-state index in [-0.39, 0.29) is 12.5 Å². The van der Waals surface area contributed by atoms with E-state index < -0.39 is 6.10 Å². The lowest BCUT2D eigenvalue weighted by molar-refractivity contribution is -0.122. The molecule has 1 saturated heterocycles. The SMILES string of the molecule is CCCN1CCC(CC(=O)NC[C@@H](O)c2ccc(Cl)cc2)CC1. The fourth-order valence-corrected chi connectivity index (χ4v) is 3.20. The number of piperidine rings is 1. The van der Waals surface area contributed by atoms with Crippen molar-refractivity contribution in [3.8, 4) is 0 Å². The highest BCUT2D eigenvalue weighted by Gasteiger charge is 2.21. The first kappa shape index (κ1) is 18.2. The molecule has 0 radical (unpaired) electrons. The number of rotatable bonds is 7. The van der Waals surface area contributed by atoms with Crippen LogP contribution in [0.2, 0.25) is 5.02 Å². The molecule has 0 spiro atoms. The molecule has 1 aliphatic heterocycles. The highest BCUT2D eigenvalue weighted by molar-refractivity contribution is 6.30. The molecule has 1 amide bonds. The van der Waals surface area contributed by atoms with Crippen LogP contribution >= 0.6 is 11.6 Å². The number of likely N-dealkylation sites (tertiary alicyclic amines) is 1. The van der Waals surface area contributed by atoms with Crippen molar-refractivity contribution < 1.29 is 9.90 Å². The van der Waals surface area contributed by atoms with E-state index in [9.17, 15) is 9.90 Å². The number of hydrogen-bond acceptors (Lipinski definition) is 3. The third-order valence-electron chi connectivity index (χ3n) is 4.47. The fraction of sp³-hybridized carbons (Fsp3) is 0.611. The normalized spacial score (nSPS) is 17.9. The summed E-state index contributed by atoms with van der Waals surface area (Å²) in [6.45, 7) is 5.80. The van der Waals surface area contributed by atoms with Gasteiger partial charge in [0, 0.05) is 18.0 Å². The molecule has 0 aromatic heterocycles. The summed E-state index contributed by atoms with van der Waals surface area (Å²) in [7, 11) is 0. The molecule has 5 heteroatoms. The fourth-order valence-electron chi connectivity index (χ4n) is 3.08. The summed E-state index contributed by atoms with van der Waals surface area (Å²) in [6, 6.07) is 7.04. The maximum absolute atomic E-state index is 12.1. The van der Waals surface area contributed by atoms with Gasteiger partial charge >= 0.3 is 0 Å². The minimum absolute atomic E-state index is 0.0342. The molecule has 23 heavy (non-hydrogen) atoms. The number of carbonyl (C=O) groups excluding carboxylic acids is 1. The third kappa shape index (κ3) is 6.13. The molecular formula is C18H27ClN2O2. The zero-order valence-electron chi connectivity index (χ0n) is 13.8. The van der Waals surface area contributed by atoms with E-state index in [1.807, 2.05) is 0 Å². The Bertz CT molecular complexity index is 484. The van der Waals surface area contributed by atoms with Crippen LogP contribution in [0.15, 0.2) is 24.3 Å². The van der Waals surface area contributed by atoms with Crippen LogP contribution in [-0.4, -0.2) is 42.1 Å². The maximum atomic E-state index is 12.1. The van der Waals surface area contributed by atoms with Crippen molar-refractivity contribution in [3.05, 3.63) is 34.9 Å². The van der Waals surface area contributed by atoms with Crippen LogP contribution in [0.5, 0.6) is 0 Å². The Labute approximate surface area is 143 Å². The Balaban J connectivity index is 1.68. The zero-order valence-corrected chi connectivity index (χ0v) is 14.6. The molecule has 1 aromatic rings. The van der Waals surface area contributed by atoms with E-state index in [1.54, 1.807) is 24.3 Å². The number of nitrogens with zero attached hydrogens (tertiary/aromatic N) is 1. The van der Waals surface area contributed by atoms with Gasteiger partial charge in [0.15, 0.2) is 0 Å². The van der Waals surface area contributed by atoms with Gasteiger partial charge in [-0.1, -0.05) is 30.7 Å². The quantitative estimate of drug-likeness (QED) is 0.803. The Morgan fingerprint density at radius 1 is 1.35 bits per heavy atom. The predicted octanol–water partition coefficient (Wildman–Crippen LogP) is 3.00. The summed E-state index contributed by atoms with van der Waals surface area (Å²) in [6.07, 6.45) is 3.24. The summed E-state index contributed by atoms with van der Waals surface area (Å²) in [5.41, 5.74) is 0.766. The average molecular weight is 339 g/mol. The first-order valence-corrected chi connectivity index (χ1v) is 8.89. The second-order valence-electron chi connectivity index (χ2n) is 6.36. The van der Waals surface area contributed by atoms with Crippen molar-refractivity contribution in [2.75, 3.05) is 26.2 Å². The van der Waals surface area contributed by atoms with Gasteiger partial charge in [0.05, 0.1) is 6.10 Å². The maximum Gasteiger partial charge on any atom is 0.220 e. The van der Waals surface area contributed by atoms with Gasteiger partial charge in [-0.15, -0.1) is 0 Å². The summed E-state index contributed by atoms with van der Waals surface area (Å²) >= 11 is 5.83. The Hall–Kier alpha value is -1.10. The monoisotopic (exact) mass is 338 g/mol. The van der Waals surface area contributed by atoms with Crippen LogP contribution in [0.1, 0.15) is 44.3 Å². The Kier molecular flexibility index (Phi) is 7.34. The van der Waals surface area contributed by atoms with Crippen molar-refractivity contribution in [2.45, 2.75) is 38.7 Å². The summed E-state index contributed by atoms with van der Waals surface area (Å²) < 4.78 is 0. The van der Waals surface area contributed by atoms with E-state index in [0.717, 1.165) is 38.0 Å². The lowest BCUT2D eigenvalue weighted by Crippen LogP contribution is -2.36. The largest absolute Gasteiger partial charge is 0.387 e. The van der Waals surface area contributed by atoms with E-state index in [0.29, 0.717) is 17.4 Å². The second-order valence-corrected chi connectivity index (χ2v) is 6.80. The molecule has 4 nitrogen and oxygen atoms in total. The van der Waals surface area contributed by atoms with Crippen LogP contribution in [-0.2, 0) is 4.79 Å². The van der Waals surface area contributed by atoms with Gasteiger partial charge in [-0.05, 0) is 62.5 Å². The number of hydrogen-bond donors (Lipinski definition) is 2. The zero-order chi connectivity index (χ0) is 16.7. The lowest BCUT2D eigenvalue weighted by atomic mass is 9.93. The number of aliphatic hydroxyl groups excluding tert-OH is 1. The third-order valence-corrected chi connectivity index (χ3v) is 4.72. The molecule has 2 rings (SSSR count). The number of halogens is 1. The minimum atomic E-state index is -0.692. The van der Waals surface area contributed by atoms with Crippen LogP contribution in [0, 0.1) is 5.92 Å². The topological polar surface area (TPSA) is 52.6 Å². The number of amides is 1. The molecule has 128 valence electrons. The smallest absolute Gasteiger partial charge is 0.220 e.